The van der Waals surface area contributed by atoms with Crippen LogP contribution in [0.1, 0.15) is 65.2 Å². The van der Waals surface area contributed by atoms with Crippen LogP contribution in [0.15, 0.2) is 11.6 Å². The molecular formula is C21H34O3. The van der Waals surface area contributed by atoms with E-state index in [4.69, 9.17) is 9.47 Å². The van der Waals surface area contributed by atoms with Gasteiger partial charge >= 0.3 is 0 Å². The molecule has 0 saturated heterocycles. The smallest absolute Gasteiger partial charge is 0.146 e. The molecule has 0 aliphatic heterocycles. The van der Waals surface area contributed by atoms with Crippen LogP contribution in [0.5, 0.6) is 0 Å². The van der Waals surface area contributed by atoms with Crippen LogP contribution in [0.3, 0.4) is 0 Å². The second-order valence-electron chi connectivity index (χ2n) is 9.34. The Labute approximate surface area is 146 Å². The molecule has 24 heavy (non-hydrogen) atoms. The number of hydrogen-bond donors (Lipinski definition) is 1. The Hall–Kier alpha value is -0.380. The van der Waals surface area contributed by atoms with Gasteiger partial charge in [0.25, 0.3) is 0 Å². The Morgan fingerprint density at radius 1 is 1.12 bits per heavy atom. The van der Waals surface area contributed by atoms with E-state index in [1.807, 2.05) is 0 Å². The number of aliphatic hydroxyl groups excluding tert-OH is 1. The quantitative estimate of drug-likeness (QED) is 0.618. The molecule has 3 fully saturated rings. The van der Waals surface area contributed by atoms with Gasteiger partial charge in [-0.25, -0.2) is 0 Å². The highest BCUT2D eigenvalue weighted by Crippen LogP contribution is 2.64. The third kappa shape index (κ3) is 2.42. The second kappa shape index (κ2) is 6.10. The molecule has 7 atom stereocenters. The third-order valence-corrected chi connectivity index (χ3v) is 8.43. The molecule has 0 aromatic carbocycles. The van der Waals surface area contributed by atoms with Crippen molar-refractivity contribution in [3.63, 3.8) is 0 Å². The lowest BCUT2D eigenvalue weighted by atomic mass is 9.48. The Balaban J connectivity index is 1.55. The van der Waals surface area contributed by atoms with Crippen LogP contribution in [0.4, 0.5) is 0 Å². The van der Waals surface area contributed by atoms with Crippen LogP contribution in [0.25, 0.3) is 0 Å². The summed E-state index contributed by atoms with van der Waals surface area (Å²) in [5, 5.41) is 10.5. The number of allylic oxidation sites excluding steroid dienone is 1. The lowest BCUT2D eigenvalue weighted by molar-refractivity contribution is -0.101. The molecule has 136 valence electrons. The van der Waals surface area contributed by atoms with Gasteiger partial charge in [0, 0.05) is 7.11 Å². The molecule has 0 aromatic heterocycles. The molecule has 0 bridgehead atoms. The van der Waals surface area contributed by atoms with Gasteiger partial charge in [-0.15, -0.1) is 0 Å². The zero-order valence-electron chi connectivity index (χ0n) is 15.6. The lowest BCUT2D eigenvalue weighted by Crippen LogP contribution is -2.51. The Morgan fingerprint density at radius 2 is 1.96 bits per heavy atom. The monoisotopic (exact) mass is 334 g/mol. The predicted octanol–water partition coefficient (Wildman–Crippen LogP) is 4.30. The number of rotatable bonds is 3. The van der Waals surface area contributed by atoms with E-state index in [0.717, 1.165) is 37.0 Å². The summed E-state index contributed by atoms with van der Waals surface area (Å²) < 4.78 is 11.0. The maximum Gasteiger partial charge on any atom is 0.146 e. The molecule has 0 spiro atoms. The van der Waals surface area contributed by atoms with Crippen LogP contribution >= 0.6 is 0 Å². The molecule has 0 radical (unpaired) electrons. The standard InChI is InChI=1S/C21H34O3/c1-20-10-8-15(24-13-23-3)12-14(20)4-5-16-17-6-7-19(22)21(17,2)11-9-18(16)20/h4,15-19,22H,5-13H2,1-3H3/t15?,16-,17-,18-,19-,20-,21-/m0/s1. The van der Waals surface area contributed by atoms with E-state index >= 15 is 0 Å². The van der Waals surface area contributed by atoms with E-state index in [1.165, 1.54) is 32.1 Å². The average molecular weight is 335 g/mol. The van der Waals surface area contributed by atoms with Gasteiger partial charge in [-0.3, -0.25) is 0 Å². The van der Waals surface area contributed by atoms with Crippen molar-refractivity contribution in [3.8, 4) is 0 Å². The Bertz CT molecular complexity index is 515. The minimum atomic E-state index is -0.0696. The summed E-state index contributed by atoms with van der Waals surface area (Å²) in [5.41, 5.74) is 2.20. The van der Waals surface area contributed by atoms with E-state index in [-0.39, 0.29) is 11.5 Å². The SMILES string of the molecule is COCOC1CC[C@@]2(C)C(=CC[C@H]3[C@@H]4CC[C@H](O)[C@@]4(C)CC[C@@H]32)C1. The largest absolute Gasteiger partial charge is 0.393 e. The van der Waals surface area contributed by atoms with Crippen molar-refractivity contribution in [2.24, 2.45) is 28.6 Å². The summed E-state index contributed by atoms with van der Waals surface area (Å²) in [6.45, 7) is 5.30. The molecule has 4 aliphatic carbocycles. The first kappa shape index (κ1) is 17.1. The van der Waals surface area contributed by atoms with Crippen molar-refractivity contribution in [3.05, 3.63) is 11.6 Å². The summed E-state index contributed by atoms with van der Waals surface area (Å²) in [6.07, 6.45) is 12.3. The molecule has 0 amide bonds. The molecule has 0 aromatic rings. The molecule has 0 heterocycles. The molecule has 4 rings (SSSR count). The molecule has 3 heteroatoms. The fourth-order valence-corrected chi connectivity index (χ4v) is 6.91. The van der Waals surface area contributed by atoms with Gasteiger partial charge in [-0.1, -0.05) is 25.5 Å². The van der Waals surface area contributed by atoms with Gasteiger partial charge < -0.3 is 14.6 Å². The van der Waals surface area contributed by atoms with E-state index < -0.39 is 0 Å². The number of fused-ring (bicyclic) bond motifs is 5. The van der Waals surface area contributed by atoms with E-state index in [9.17, 15) is 5.11 Å². The summed E-state index contributed by atoms with van der Waals surface area (Å²) in [4.78, 5) is 0. The normalized spacial score (nSPS) is 50.7. The Morgan fingerprint density at radius 3 is 2.75 bits per heavy atom. The fraction of sp³-hybridized carbons (Fsp3) is 0.905. The van der Waals surface area contributed by atoms with E-state index in [0.29, 0.717) is 18.3 Å². The summed E-state index contributed by atoms with van der Waals surface area (Å²) in [6, 6.07) is 0. The van der Waals surface area contributed by atoms with Crippen molar-refractivity contribution in [2.75, 3.05) is 13.9 Å². The van der Waals surface area contributed by atoms with Crippen molar-refractivity contribution >= 4 is 0 Å². The lowest BCUT2D eigenvalue weighted by Gasteiger charge is -2.57. The van der Waals surface area contributed by atoms with Gasteiger partial charge in [-0.2, -0.15) is 0 Å². The fourth-order valence-electron chi connectivity index (χ4n) is 6.91. The molecule has 1 N–H and O–H groups in total. The predicted molar refractivity (Wildman–Crippen MR) is 94.5 cm³/mol. The average Bonchev–Trinajstić information content (AvgIpc) is 2.88. The first-order chi connectivity index (χ1) is 11.5. The van der Waals surface area contributed by atoms with Crippen LogP contribution in [0, 0.1) is 28.6 Å². The van der Waals surface area contributed by atoms with E-state index in [2.05, 4.69) is 19.9 Å². The van der Waals surface area contributed by atoms with Crippen LogP contribution in [0.2, 0.25) is 0 Å². The number of methoxy groups -OCH3 is 1. The van der Waals surface area contributed by atoms with Crippen molar-refractivity contribution < 1.29 is 14.6 Å². The summed E-state index contributed by atoms with van der Waals surface area (Å²) in [7, 11) is 1.70. The topological polar surface area (TPSA) is 38.7 Å². The minimum Gasteiger partial charge on any atom is -0.393 e. The molecule has 1 unspecified atom stereocenters. The van der Waals surface area contributed by atoms with Crippen LogP contribution in [-0.2, 0) is 9.47 Å². The van der Waals surface area contributed by atoms with Crippen LogP contribution in [-0.4, -0.2) is 31.2 Å². The highest BCUT2D eigenvalue weighted by Gasteiger charge is 2.58. The van der Waals surface area contributed by atoms with Crippen molar-refractivity contribution in [2.45, 2.75) is 77.4 Å². The Kier molecular flexibility index (Phi) is 4.34. The highest BCUT2D eigenvalue weighted by atomic mass is 16.7. The van der Waals surface area contributed by atoms with Gasteiger partial charge in [0.2, 0.25) is 0 Å². The van der Waals surface area contributed by atoms with Crippen molar-refractivity contribution in [1.82, 2.24) is 0 Å². The minimum absolute atomic E-state index is 0.0696. The number of ether oxygens (including phenoxy) is 2. The van der Waals surface area contributed by atoms with E-state index in [1.54, 1.807) is 12.7 Å². The van der Waals surface area contributed by atoms with Gasteiger partial charge in [-0.05, 0) is 80.0 Å². The number of aliphatic hydroxyl groups is 1. The summed E-state index contributed by atoms with van der Waals surface area (Å²) >= 11 is 0. The summed E-state index contributed by atoms with van der Waals surface area (Å²) in [5.74, 6) is 2.32. The first-order valence-corrected chi connectivity index (χ1v) is 9.97. The first-order valence-electron chi connectivity index (χ1n) is 9.97. The zero-order valence-corrected chi connectivity index (χ0v) is 15.6. The van der Waals surface area contributed by atoms with Crippen LogP contribution < -0.4 is 0 Å². The number of hydrogen-bond acceptors (Lipinski definition) is 3. The maximum atomic E-state index is 10.5. The van der Waals surface area contributed by atoms with Gasteiger partial charge in [0.05, 0.1) is 12.2 Å². The van der Waals surface area contributed by atoms with Gasteiger partial charge in [0.15, 0.2) is 0 Å². The molecule has 3 nitrogen and oxygen atoms in total. The molecular weight excluding hydrogens is 300 g/mol. The second-order valence-corrected chi connectivity index (χ2v) is 9.34. The maximum absolute atomic E-state index is 10.5. The van der Waals surface area contributed by atoms with Gasteiger partial charge in [0.1, 0.15) is 6.79 Å². The third-order valence-electron chi connectivity index (χ3n) is 8.43. The molecule has 4 aliphatic rings. The zero-order chi connectivity index (χ0) is 16.9. The highest BCUT2D eigenvalue weighted by molar-refractivity contribution is 5.25. The van der Waals surface area contributed by atoms with Crippen molar-refractivity contribution in [1.29, 1.82) is 0 Å². The molecule has 3 saturated carbocycles.